The number of rotatable bonds is 2. The molecule has 1 aliphatic rings. The van der Waals surface area contributed by atoms with Gasteiger partial charge in [-0.3, -0.25) is 4.57 Å². The Morgan fingerprint density at radius 1 is 1.28 bits per heavy atom. The Morgan fingerprint density at radius 2 is 2.06 bits per heavy atom. The van der Waals surface area contributed by atoms with E-state index in [0.717, 1.165) is 0 Å². The molecule has 0 bridgehead atoms. The van der Waals surface area contributed by atoms with Crippen LogP contribution >= 0.6 is 0 Å². The van der Waals surface area contributed by atoms with Crippen LogP contribution in [0, 0.1) is 0 Å². The van der Waals surface area contributed by atoms with Crippen LogP contribution in [0.2, 0.25) is 0 Å². The molecule has 1 aliphatic heterocycles. The van der Waals surface area contributed by atoms with Gasteiger partial charge in [0, 0.05) is 6.07 Å². The predicted octanol–water partition coefficient (Wildman–Crippen LogP) is 1.08. The fourth-order valence-electron chi connectivity index (χ4n) is 1.67. The Morgan fingerprint density at radius 3 is 2.83 bits per heavy atom. The quantitative estimate of drug-likeness (QED) is 0.869. The molecule has 1 N–H and O–H groups in total. The summed E-state index contributed by atoms with van der Waals surface area (Å²) >= 11 is 0. The number of alkyl halides is 2. The van der Waals surface area contributed by atoms with Crippen molar-refractivity contribution in [1.82, 2.24) is 14.8 Å². The summed E-state index contributed by atoms with van der Waals surface area (Å²) in [5.74, 6) is 0.179. The first-order valence-electron chi connectivity index (χ1n) is 4.99. The number of fused-ring (bicyclic) bond motifs is 1. The first-order chi connectivity index (χ1) is 8.59. The van der Waals surface area contributed by atoms with Gasteiger partial charge >= 0.3 is 6.29 Å². The molecule has 0 saturated carbocycles. The van der Waals surface area contributed by atoms with Crippen LogP contribution in [0.3, 0.4) is 0 Å². The minimum Gasteiger partial charge on any atom is -0.395 e. The number of ether oxygens (including phenoxy) is 2. The molecule has 6 nitrogen and oxygen atoms in total. The van der Waals surface area contributed by atoms with Crippen LogP contribution in [0.1, 0.15) is 5.82 Å². The summed E-state index contributed by atoms with van der Waals surface area (Å²) < 4.78 is 35.8. The molecular formula is C10H7F2N3O3. The fraction of sp³-hybridized carbons (Fsp3) is 0.200. The van der Waals surface area contributed by atoms with E-state index < -0.39 is 6.29 Å². The number of aromatic nitrogens is 3. The number of benzene rings is 1. The fourth-order valence-corrected chi connectivity index (χ4v) is 1.67. The Balaban J connectivity index is 2.02. The largest absolute Gasteiger partial charge is 0.586 e. The van der Waals surface area contributed by atoms with Crippen molar-refractivity contribution in [2.75, 3.05) is 0 Å². The van der Waals surface area contributed by atoms with Gasteiger partial charge in [-0.25, -0.2) is 0 Å². The highest BCUT2D eigenvalue weighted by Crippen LogP contribution is 2.41. The van der Waals surface area contributed by atoms with Crippen LogP contribution in [0.15, 0.2) is 24.5 Å². The maximum absolute atomic E-state index is 12.8. The van der Waals surface area contributed by atoms with Gasteiger partial charge in [-0.05, 0) is 12.1 Å². The molecule has 3 rings (SSSR count). The smallest absolute Gasteiger partial charge is 0.395 e. The summed E-state index contributed by atoms with van der Waals surface area (Å²) in [4.78, 5) is 0. The van der Waals surface area contributed by atoms with Crippen LogP contribution in [-0.2, 0) is 6.61 Å². The number of nitrogens with zero attached hydrogens (tertiary/aromatic N) is 3. The molecule has 0 radical (unpaired) electrons. The van der Waals surface area contributed by atoms with E-state index in [9.17, 15) is 8.78 Å². The first kappa shape index (κ1) is 10.9. The van der Waals surface area contributed by atoms with Crippen LogP contribution in [0.5, 0.6) is 11.5 Å². The van der Waals surface area contributed by atoms with Gasteiger partial charge in [0.2, 0.25) is 0 Å². The number of hydrogen-bond acceptors (Lipinski definition) is 5. The molecule has 18 heavy (non-hydrogen) atoms. The van der Waals surface area contributed by atoms with Crippen LogP contribution < -0.4 is 9.47 Å². The minimum absolute atomic E-state index is 0.0395. The van der Waals surface area contributed by atoms with Crippen LogP contribution in [-0.4, -0.2) is 26.2 Å². The molecule has 0 unspecified atom stereocenters. The normalized spacial score (nSPS) is 15.9. The van der Waals surface area contributed by atoms with Gasteiger partial charge in [-0.1, -0.05) is 0 Å². The van der Waals surface area contributed by atoms with Gasteiger partial charge in [0.1, 0.15) is 12.9 Å². The van der Waals surface area contributed by atoms with Gasteiger partial charge < -0.3 is 14.6 Å². The minimum atomic E-state index is -3.64. The average molecular weight is 255 g/mol. The average Bonchev–Trinajstić information content (AvgIpc) is 2.88. The Bertz CT molecular complexity index is 600. The molecule has 0 atom stereocenters. The lowest BCUT2D eigenvalue weighted by molar-refractivity contribution is -0.286. The van der Waals surface area contributed by atoms with Gasteiger partial charge in [0.05, 0.1) is 5.69 Å². The Kier molecular flexibility index (Phi) is 2.20. The molecule has 94 valence electrons. The van der Waals surface area contributed by atoms with Gasteiger partial charge in [0.15, 0.2) is 17.3 Å². The van der Waals surface area contributed by atoms with E-state index in [1.165, 1.54) is 29.1 Å². The second kappa shape index (κ2) is 3.64. The third kappa shape index (κ3) is 1.66. The van der Waals surface area contributed by atoms with Crippen molar-refractivity contribution in [3.8, 4) is 17.2 Å². The van der Waals surface area contributed by atoms with Crippen molar-refractivity contribution in [3.05, 3.63) is 30.4 Å². The summed E-state index contributed by atoms with van der Waals surface area (Å²) in [6.45, 7) is -0.315. The van der Waals surface area contributed by atoms with Crippen LogP contribution in [0.4, 0.5) is 8.78 Å². The highest BCUT2D eigenvalue weighted by Gasteiger charge is 2.43. The lowest BCUT2D eigenvalue weighted by Gasteiger charge is -2.05. The zero-order valence-corrected chi connectivity index (χ0v) is 8.88. The lowest BCUT2D eigenvalue weighted by atomic mass is 10.2. The number of halogens is 2. The monoisotopic (exact) mass is 255 g/mol. The van der Waals surface area contributed by atoms with Crippen LogP contribution in [0.25, 0.3) is 5.69 Å². The summed E-state index contributed by atoms with van der Waals surface area (Å²) in [7, 11) is 0. The second-order valence-corrected chi connectivity index (χ2v) is 3.57. The standard InChI is InChI=1S/C10H7F2N3O3/c11-10(12)17-7-2-1-6(3-8(7)18-10)15-5-13-14-9(15)4-16/h1-3,5,16H,4H2. The number of aliphatic hydroxyl groups excluding tert-OH is 1. The van der Waals surface area contributed by atoms with E-state index in [1.54, 1.807) is 0 Å². The topological polar surface area (TPSA) is 69.4 Å². The molecule has 0 fully saturated rings. The van der Waals surface area contributed by atoms with E-state index in [-0.39, 0.29) is 18.1 Å². The molecule has 1 aromatic carbocycles. The molecule has 2 heterocycles. The predicted molar refractivity (Wildman–Crippen MR) is 53.5 cm³/mol. The molecule has 1 aromatic heterocycles. The molecular weight excluding hydrogens is 248 g/mol. The summed E-state index contributed by atoms with van der Waals surface area (Å²) in [6.07, 6.45) is -2.28. The number of aliphatic hydroxyl groups is 1. The lowest BCUT2D eigenvalue weighted by Crippen LogP contribution is -2.25. The van der Waals surface area contributed by atoms with E-state index in [2.05, 4.69) is 19.7 Å². The first-order valence-corrected chi connectivity index (χ1v) is 4.99. The van der Waals surface area contributed by atoms with Gasteiger partial charge in [0.25, 0.3) is 0 Å². The van der Waals surface area contributed by atoms with E-state index in [0.29, 0.717) is 11.5 Å². The third-order valence-electron chi connectivity index (χ3n) is 2.42. The van der Waals surface area contributed by atoms with Crippen molar-refractivity contribution >= 4 is 0 Å². The van der Waals surface area contributed by atoms with Crippen molar-refractivity contribution in [2.24, 2.45) is 0 Å². The molecule has 0 saturated heterocycles. The van der Waals surface area contributed by atoms with Gasteiger partial charge in [-0.15, -0.1) is 19.0 Å². The number of hydrogen-bond donors (Lipinski definition) is 1. The molecule has 8 heteroatoms. The van der Waals surface area contributed by atoms with E-state index >= 15 is 0 Å². The zero-order chi connectivity index (χ0) is 12.8. The maximum atomic E-state index is 12.8. The Labute approximate surface area is 99.4 Å². The summed E-state index contributed by atoms with van der Waals surface area (Å²) in [5, 5.41) is 16.3. The summed E-state index contributed by atoms with van der Waals surface area (Å²) in [6, 6.07) is 4.25. The molecule has 0 aliphatic carbocycles. The Hall–Kier alpha value is -2.22. The molecule has 2 aromatic rings. The van der Waals surface area contributed by atoms with Crippen molar-refractivity contribution < 1.29 is 23.4 Å². The van der Waals surface area contributed by atoms with Crippen molar-refractivity contribution in [2.45, 2.75) is 12.9 Å². The SMILES string of the molecule is OCc1nncn1-c1ccc2c(c1)OC(F)(F)O2. The molecule has 0 amide bonds. The van der Waals surface area contributed by atoms with Gasteiger partial charge in [-0.2, -0.15) is 0 Å². The molecule has 0 spiro atoms. The summed E-state index contributed by atoms with van der Waals surface area (Å²) in [5.41, 5.74) is 0.490. The maximum Gasteiger partial charge on any atom is 0.586 e. The highest BCUT2D eigenvalue weighted by atomic mass is 19.3. The zero-order valence-electron chi connectivity index (χ0n) is 8.88. The third-order valence-corrected chi connectivity index (χ3v) is 2.42. The van der Waals surface area contributed by atoms with E-state index in [1.807, 2.05) is 0 Å². The van der Waals surface area contributed by atoms with Crippen molar-refractivity contribution in [3.63, 3.8) is 0 Å². The highest BCUT2D eigenvalue weighted by molar-refractivity contribution is 5.50. The second-order valence-electron chi connectivity index (χ2n) is 3.57. The van der Waals surface area contributed by atoms with Crippen molar-refractivity contribution in [1.29, 1.82) is 0 Å². The van der Waals surface area contributed by atoms with E-state index in [4.69, 9.17) is 5.11 Å².